The molecule has 1 aromatic rings. The molecule has 0 aliphatic rings. The van der Waals surface area contributed by atoms with Crippen molar-refractivity contribution in [3.05, 3.63) is 15.3 Å². The monoisotopic (exact) mass is 298 g/mol. The van der Waals surface area contributed by atoms with Gasteiger partial charge in [-0.3, -0.25) is 9.48 Å². The van der Waals surface area contributed by atoms with Crippen LogP contribution in [-0.2, 0) is 11.3 Å². The Morgan fingerprint density at radius 1 is 1.67 bits per heavy atom. The van der Waals surface area contributed by atoms with Crippen LogP contribution in [0.3, 0.4) is 0 Å². The summed E-state index contributed by atoms with van der Waals surface area (Å²) in [5.41, 5.74) is 0. The first-order valence-corrected chi connectivity index (χ1v) is 4.28. The Labute approximate surface area is 86.8 Å². The Kier molecular flexibility index (Phi) is 4.47. The SMILES string of the molecule is C.O=C(O)Cn1cc(Br)c(Br)n1. The van der Waals surface area contributed by atoms with Gasteiger partial charge in [-0.15, -0.1) is 0 Å². The molecule has 0 unspecified atom stereocenters. The minimum atomic E-state index is -0.910. The lowest BCUT2D eigenvalue weighted by atomic mass is 10.6. The molecule has 0 saturated heterocycles. The average molecular weight is 300 g/mol. The summed E-state index contributed by atoms with van der Waals surface area (Å²) in [6.07, 6.45) is 1.60. The van der Waals surface area contributed by atoms with Crippen LogP contribution in [0.2, 0.25) is 0 Å². The largest absolute Gasteiger partial charge is 0.480 e. The van der Waals surface area contributed by atoms with Gasteiger partial charge in [-0.1, -0.05) is 7.43 Å². The highest BCUT2D eigenvalue weighted by molar-refractivity contribution is 9.13. The van der Waals surface area contributed by atoms with Crippen molar-refractivity contribution in [1.29, 1.82) is 0 Å². The number of carboxylic acids is 1. The van der Waals surface area contributed by atoms with E-state index in [1.807, 2.05) is 0 Å². The lowest BCUT2D eigenvalue weighted by molar-refractivity contribution is -0.137. The van der Waals surface area contributed by atoms with Crippen LogP contribution in [0.5, 0.6) is 0 Å². The van der Waals surface area contributed by atoms with E-state index >= 15 is 0 Å². The standard InChI is InChI=1S/C5H4Br2N2O2.CH4/c6-3-1-9(2-4(10)11)8-5(3)7;/h1H,2H2,(H,10,11);1H4. The van der Waals surface area contributed by atoms with E-state index in [9.17, 15) is 4.79 Å². The number of nitrogens with zero attached hydrogens (tertiary/aromatic N) is 2. The molecular weight excluding hydrogens is 292 g/mol. The first-order valence-electron chi connectivity index (χ1n) is 2.70. The Morgan fingerprint density at radius 3 is 2.58 bits per heavy atom. The van der Waals surface area contributed by atoms with Crippen molar-refractivity contribution in [1.82, 2.24) is 9.78 Å². The van der Waals surface area contributed by atoms with Gasteiger partial charge in [0.25, 0.3) is 0 Å². The van der Waals surface area contributed by atoms with Gasteiger partial charge in [-0.2, -0.15) is 5.10 Å². The molecular formula is C6H8Br2N2O2. The Bertz CT molecular complexity index is 266. The quantitative estimate of drug-likeness (QED) is 0.910. The second-order valence-electron chi connectivity index (χ2n) is 1.86. The first-order chi connectivity index (χ1) is 5.09. The summed E-state index contributed by atoms with van der Waals surface area (Å²) in [7, 11) is 0. The number of carbonyl (C=O) groups is 1. The van der Waals surface area contributed by atoms with Crippen molar-refractivity contribution in [2.75, 3.05) is 0 Å². The maximum Gasteiger partial charge on any atom is 0.325 e. The molecule has 6 heteroatoms. The van der Waals surface area contributed by atoms with E-state index in [0.29, 0.717) is 4.60 Å². The van der Waals surface area contributed by atoms with Crippen LogP contribution in [-0.4, -0.2) is 20.9 Å². The fourth-order valence-electron chi connectivity index (χ4n) is 0.593. The van der Waals surface area contributed by atoms with Crippen molar-refractivity contribution < 1.29 is 9.90 Å². The summed E-state index contributed by atoms with van der Waals surface area (Å²) >= 11 is 6.32. The number of halogens is 2. The number of aromatic nitrogens is 2. The first kappa shape index (κ1) is 11.6. The molecule has 0 atom stereocenters. The topological polar surface area (TPSA) is 55.1 Å². The second kappa shape index (κ2) is 4.61. The molecule has 1 N–H and O–H groups in total. The highest BCUT2D eigenvalue weighted by Gasteiger charge is 2.04. The summed E-state index contributed by atoms with van der Waals surface area (Å²) in [5, 5.41) is 12.2. The van der Waals surface area contributed by atoms with Crippen LogP contribution in [0.15, 0.2) is 15.3 Å². The van der Waals surface area contributed by atoms with Gasteiger partial charge < -0.3 is 5.11 Å². The molecule has 1 heterocycles. The van der Waals surface area contributed by atoms with Gasteiger partial charge in [-0.05, 0) is 31.9 Å². The molecule has 0 radical (unpaired) electrons. The molecule has 0 aromatic carbocycles. The number of hydrogen-bond donors (Lipinski definition) is 1. The van der Waals surface area contributed by atoms with Crippen molar-refractivity contribution in [2.45, 2.75) is 14.0 Å². The van der Waals surface area contributed by atoms with Gasteiger partial charge in [-0.25, -0.2) is 0 Å². The fourth-order valence-corrected chi connectivity index (χ4v) is 1.21. The molecule has 0 fully saturated rings. The molecule has 0 amide bonds. The molecule has 4 nitrogen and oxygen atoms in total. The van der Waals surface area contributed by atoms with Crippen molar-refractivity contribution in [3.8, 4) is 0 Å². The highest BCUT2D eigenvalue weighted by Crippen LogP contribution is 2.19. The van der Waals surface area contributed by atoms with E-state index < -0.39 is 5.97 Å². The van der Waals surface area contributed by atoms with E-state index in [2.05, 4.69) is 37.0 Å². The van der Waals surface area contributed by atoms with Gasteiger partial charge in [0.15, 0.2) is 0 Å². The number of aliphatic carboxylic acids is 1. The molecule has 0 aliphatic heterocycles. The zero-order valence-electron chi connectivity index (χ0n) is 5.29. The van der Waals surface area contributed by atoms with Gasteiger partial charge in [0, 0.05) is 6.20 Å². The van der Waals surface area contributed by atoms with Crippen LogP contribution in [0.4, 0.5) is 0 Å². The van der Waals surface area contributed by atoms with E-state index in [1.165, 1.54) is 4.68 Å². The van der Waals surface area contributed by atoms with Crippen LogP contribution < -0.4 is 0 Å². The smallest absolute Gasteiger partial charge is 0.325 e. The fraction of sp³-hybridized carbons (Fsp3) is 0.333. The minimum Gasteiger partial charge on any atom is -0.480 e. The molecule has 0 aliphatic carbocycles. The average Bonchev–Trinajstić information content (AvgIpc) is 2.10. The number of rotatable bonds is 2. The zero-order valence-corrected chi connectivity index (χ0v) is 8.46. The van der Waals surface area contributed by atoms with Gasteiger partial charge in [0.1, 0.15) is 11.1 Å². The third-order valence-electron chi connectivity index (χ3n) is 0.973. The molecule has 1 rings (SSSR count). The van der Waals surface area contributed by atoms with Crippen LogP contribution in [0, 0.1) is 0 Å². The lowest BCUT2D eigenvalue weighted by Crippen LogP contribution is -2.08. The number of carboxylic acid groups (broad SMARTS) is 1. The second-order valence-corrected chi connectivity index (χ2v) is 3.46. The van der Waals surface area contributed by atoms with Crippen molar-refractivity contribution >= 4 is 37.8 Å². The molecule has 68 valence electrons. The van der Waals surface area contributed by atoms with E-state index in [1.54, 1.807) is 6.20 Å². The van der Waals surface area contributed by atoms with Crippen LogP contribution >= 0.6 is 31.9 Å². The molecule has 0 spiro atoms. The van der Waals surface area contributed by atoms with Gasteiger partial charge in [0.05, 0.1) is 4.47 Å². The predicted molar refractivity (Wildman–Crippen MR) is 52.0 cm³/mol. The van der Waals surface area contributed by atoms with E-state index in [0.717, 1.165) is 4.47 Å². The Balaban J connectivity index is 0.00000121. The lowest BCUT2D eigenvalue weighted by Gasteiger charge is -1.91. The van der Waals surface area contributed by atoms with Gasteiger partial charge in [0.2, 0.25) is 0 Å². The number of hydrogen-bond acceptors (Lipinski definition) is 2. The maximum atomic E-state index is 10.2. The van der Waals surface area contributed by atoms with Crippen LogP contribution in [0.25, 0.3) is 0 Å². The van der Waals surface area contributed by atoms with E-state index in [4.69, 9.17) is 5.11 Å². The molecule has 1 aromatic heterocycles. The summed E-state index contributed by atoms with van der Waals surface area (Å²) in [6.45, 7) is -0.121. The van der Waals surface area contributed by atoms with Gasteiger partial charge >= 0.3 is 5.97 Å². The van der Waals surface area contributed by atoms with E-state index in [-0.39, 0.29) is 14.0 Å². The molecule has 12 heavy (non-hydrogen) atoms. The molecule has 0 bridgehead atoms. The third kappa shape index (κ3) is 2.94. The Hall–Kier alpha value is -0.360. The maximum absolute atomic E-state index is 10.2. The predicted octanol–water partition coefficient (Wildman–Crippen LogP) is 2.13. The summed E-state index contributed by atoms with van der Waals surface area (Å²) in [4.78, 5) is 10.2. The van der Waals surface area contributed by atoms with Crippen LogP contribution in [0.1, 0.15) is 7.43 Å². The zero-order chi connectivity index (χ0) is 8.43. The van der Waals surface area contributed by atoms with Crippen molar-refractivity contribution in [2.24, 2.45) is 0 Å². The Morgan fingerprint density at radius 2 is 2.25 bits per heavy atom. The third-order valence-corrected chi connectivity index (χ3v) is 2.67. The summed E-state index contributed by atoms with van der Waals surface area (Å²) in [6, 6.07) is 0. The van der Waals surface area contributed by atoms with Crippen molar-refractivity contribution in [3.63, 3.8) is 0 Å². The summed E-state index contributed by atoms with van der Waals surface area (Å²) < 4.78 is 2.69. The normalized spacial score (nSPS) is 9.17. The highest BCUT2D eigenvalue weighted by atomic mass is 79.9. The summed E-state index contributed by atoms with van der Waals surface area (Å²) in [5.74, 6) is -0.910. The molecule has 0 saturated carbocycles. The minimum absolute atomic E-state index is 0.